The lowest BCUT2D eigenvalue weighted by atomic mass is 9.99. The van der Waals surface area contributed by atoms with Gasteiger partial charge in [-0.15, -0.1) is 0 Å². The third-order valence-corrected chi connectivity index (χ3v) is 3.27. The topological polar surface area (TPSA) is 0 Å². The van der Waals surface area contributed by atoms with Crippen molar-refractivity contribution in [2.24, 2.45) is 5.92 Å². The molecule has 0 amide bonds. The third-order valence-electron chi connectivity index (χ3n) is 2.83. The van der Waals surface area contributed by atoms with Crippen molar-refractivity contribution < 1.29 is 13.2 Å². The Labute approximate surface area is 111 Å². The minimum Gasteiger partial charge on any atom is -0.166 e. The Bertz CT molecular complexity index is 408. The monoisotopic (exact) mass is 278 g/mol. The maximum atomic E-state index is 12.8. The standard InChI is InChI=1S/C14H18ClF3/c1-9(2)5-4-6-11-7-10(3)8-12(13(11)15)14(16,17)18/h7-9H,4-6H2,1-3H3. The number of hydrogen-bond acceptors (Lipinski definition) is 0. The van der Waals surface area contributed by atoms with Crippen molar-refractivity contribution in [1.82, 2.24) is 0 Å². The molecule has 0 aromatic heterocycles. The molecule has 0 aliphatic carbocycles. The molecule has 1 rings (SSSR count). The summed E-state index contributed by atoms with van der Waals surface area (Å²) in [5.74, 6) is 0.552. The summed E-state index contributed by atoms with van der Waals surface area (Å²) in [7, 11) is 0. The molecule has 0 saturated heterocycles. The van der Waals surface area contributed by atoms with Crippen molar-refractivity contribution in [3.8, 4) is 0 Å². The van der Waals surface area contributed by atoms with E-state index in [4.69, 9.17) is 11.6 Å². The molecule has 1 aromatic rings. The molecule has 0 spiro atoms. The van der Waals surface area contributed by atoms with E-state index in [-0.39, 0.29) is 5.02 Å². The Hall–Kier alpha value is -0.700. The third kappa shape index (κ3) is 4.20. The number of alkyl halides is 3. The molecule has 1 aromatic carbocycles. The van der Waals surface area contributed by atoms with Crippen molar-refractivity contribution in [3.05, 3.63) is 33.8 Å². The van der Waals surface area contributed by atoms with Gasteiger partial charge in [0.2, 0.25) is 0 Å². The van der Waals surface area contributed by atoms with Crippen LogP contribution >= 0.6 is 11.6 Å². The van der Waals surface area contributed by atoms with Gasteiger partial charge in [0.05, 0.1) is 10.6 Å². The van der Waals surface area contributed by atoms with Crippen LogP contribution in [0.1, 0.15) is 43.4 Å². The van der Waals surface area contributed by atoms with Crippen LogP contribution in [0.5, 0.6) is 0 Å². The quantitative estimate of drug-likeness (QED) is 0.668. The summed E-state index contributed by atoms with van der Waals surface area (Å²) in [5.41, 5.74) is 0.486. The highest BCUT2D eigenvalue weighted by molar-refractivity contribution is 6.32. The lowest BCUT2D eigenvalue weighted by Gasteiger charge is -2.14. The number of aryl methyl sites for hydroxylation is 2. The van der Waals surface area contributed by atoms with Crippen LogP contribution in [0.4, 0.5) is 13.2 Å². The van der Waals surface area contributed by atoms with Gasteiger partial charge in [0.25, 0.3) is 0 Å². The molecule has 0 heterocycles. The molecular formula is C14H18ClF3. The van der Waals surface area contributed by atoms with Gasteiger partial charge in [-0.3, -0.25) is 0 Å². The molecule has 0 bridgehead atoms. The van der Waals surface area contributed by atoms with Crippen LogP contribution < -0.4 is 0 Å². The van der Waals surface area contributed by atoms with Crippen molar-refractivity contribution in [2.45, 2.75) is 46.2 Å². The fourth-order valence-electron chi connectivity index (χ4n) is 1.93. The van der Waals surface area contributed by atoms with Gasteiger partial charge >= 0.3 is 6.18 Å². The van der Waals surface area contributed by atoms with Crippen LogP contribution in [-0.4, -0.2) is 0 Å². The summed E-state index contributed by atoms with van der Waals surface area (Å²) in [6, 6.07) is 2.85. The normalized spacial score (nSPS) is 12.2. The van der Waals surface area contributed by atoms with E-state index < -0.39 is 11.7 Å². The molecule has 0 unspecified atom stereocenters. The number of benzene rings is 1. The molecule has 0 aliphatic rings. The molecular weight excluding hydrogens is 261 g/mol. The number of halogens is 4. The molecule has 0 N–H and O–H groups in total. The maximum absolute atomic E-state index is 12.8. The first-order valence-electron chi connectivity index (χ1n) is 6.08. The molecule has 18 heavy (non-hydrogen) atoms. The highest BCUT2D eigenvalue weighted by Gasteiger charge is 2.34. The number of hydrogen-bond donors (Lipinski definition) is 0. The predicted octanol–water partition coefficient (Wildman–Crippen LogP) is 5.65. The van der Waals surface area contributed by atoms with Crippen LogP contribution in [0.3, 0.4) is 0 Å². The van der Waals surface area contributed by atoms with Gasteiger partial charge < -0.3 is 0 Å². The van der Waals surface area contributed by atoms with Gasteiger partial charge in [-0.05, 0) is 37.3 Å². The summed E-state index contributed by atoms with van der Waals surface area (Å²) in [6.07, 6.45) is -1.93. The van der Waals surface area contributed by atoms with E-state index >= 15 is 0 Å². The molecule has 102 valence electrons. The molecule has 0 fully saturated rings. The smallest absolute Gasteiger partial charge is 0.166 e. The highest BCUT2D eigenvalue weighted by atomic mass is 35.5. The van der Waals surface area contributed by atoms with Crippen LogP contribution in [0, 0.1) is 12.8 Å². The molecule has 0 aliphatic heterocycles. The fourth-order valence-corrected chi connectivity index (χ4v) is 2.24. The molecule has 0 nitrogen and oxygen atoms in total. The Balaban J connectivity index is 2.95. The Morgan fingerprint density at radius 1 is 1.22 bits per heavy atom. The average Bonchev–Trinajstić information content (AvgIpc) is 2.20. The van der Waals surface area contributed by atoms with Crippen molar-refractivity contribution >= 4 is 11.6 Å². The van der Waals surface area contributed by atoms with Gasteiger partial charge in [-0.1, -0.05) is 43.5 Å². The van der Waals surface area contributed by atoms with Crippen molar-refractivity contribution in [2.75, 3.05) is 0 Å². The maximum Gasteiger partial charge on any atom is 0.417 e. The minimum atomic E-state index is -4.38. The van der Waals surface area contributed by atoms with E-state index in [9.17, 15) is 13.2 Å². The first-order chi connectivity index (χ1) is 8.21. The minimum absolute atomic E-state index is 0.142. The van der Waals surface area contributed by atoms with Crippen molar-refractivity contribution in [3.63, 3.8) is 0 Å². The van der Waals surface area contributed by atoms with Crippen LogP contribution in [-0.2, 0) is 12.6 Å². The van der Waals surface area contributed by atoms with Crippen molar-refractivity contribution in [1.29, 1.82) is 0 Å². The predicted molar refractivity (Wildman–Crippen MR) is 69.0 cm³/mol. The number of rotatable bonds is 4. The largest absolute Gasteiger partial charge is 0.417 e. The Kier molecular flexibility index (Phi) is 5.09. The fraction of sp³-hybridized carbons (Fsp3) is 0.571. The Morgan fingerprint density at radius 2 is 1.83 bits per heavy atom. The van der Waals surface area contributed by atoms with Gasteiger partial charge in [0.15, 0.2) is 0 Å². The Morgan fingerprint density at radius 3 is 2.33 bits per heavy atom. The zero-order chi connectivity index (χ0) is 13.9. The molecule has 0 saturated carbocycles. The first kappa shape index (κ1) is 15.4. The SMILES string of the molecule is Cc1cc(CCCC(C)C)c(Cl)c(C(F)(F)F)c1. The van der Waals surface area contributed by atoms with E-state index in [0.29, 0.717) is 23.5 Å². The van der Waals surface area contributed by atoms with Gasteiger partial charge in [-0.2, -0.15) is 13.2 Å². The summed E-state index contributed by atoms with van der Waals surface area (Å²) >= 11 is 5.86. The zero-order valence-corrected chi connectivity index (χ0v) is 11.6. The second-order valence-corrected chi connectivity index (χ2v) is 5.45. The first-order valence-corrected chi connectivity index (χ1v) is 6.46. The highest BCUT2D eigenvalue weighted by Crippen LogP contribution is 2.37. The summed E-state index contributed by atoms with van der Waals surface area (Å²) < 4.78 is 38.3. The zero-order valence-electron chi connectivity index (χ0n) is 10.9. The average molecular weight is 279 g/mol. The van der Waals surface area contributed by atoms with E-state index in [1.54, 1.807) is 13.0 Å². The lowest BCUT2D eigenvalue weighted by molar-refractivity contribution is -0.137. The van der Waals surface area contributed by atoms with E-state index in [1.807, 2.05) is 0 Å². The van der Waals surface area contributed by atoms with Crippen LogP contribution in [0.15, 0.2) is 12.1 Å². The second-order valence-electron chi connectivity index (χ2n) is 5.07. The van der Waals surface area contributed by atoms with Gasteiger partial charge in [-0.25, -0.2) is 0 Å². The summed E-state index contributed by atoms with van der Waals surface area (Å²) in [6.45, 7) is 5.86. The van der Waals surface area contributed by atoms with Gasteiger partial charge in [0.1, 0.15) is 0 Å². The van der Waals surface area contributed by atoms with E-state index in [1.165, 1.54) is 0 Å². The van der Waals surface area contributed by atoms with E-state index in [0.717, 1.165) is 18.9 Å². The summed E-state index contributed by atoms with van der Waals surface area (Å²) in [5, 5.41) is -0.142. The molecule has 0 radical (unpaired) electrons. The lowest BCUT2D eigenvalue weighted by Crippen LogP contribution is -2.08. The van der Waals surface area contributed by atoms with E-state index in [2.05, 4.69) is 13.8 Å². The summed E-state index contributed by atoms with van der Waals surface area (Å²) in [4.78, 5) is 0. The van der Waals surface area contributed by atoms with Crippen LogP contribution in [0.25, 0.3) is 0 Å². The molecule has 0 atom stereocenters. The molecule has 4 heteroatoms. The van der Waals surface area contributed by atoms with Gasteiger partial charge in [0, 0.05) is 0 Å². The van der Waals surface area contributed by atoms with Crippen LogP contribution in [0.2, 0.25) is 5.02 Å². The second kappa shape index (κ2) is 5.96.